The van der Waals surface area contributed by atoms with Gasteiger partial charge in [-0.25, -0.2) is 18.4 Å². The highest BCUT2D eigenvalue weighted by molar-refractivity contribution is 7.72. The van der Waals surface area contributed by atoms with Gasteiger partial charge in [0.1, 0.15) is 0 Å². The molecule has 0 radical (unpaired) electrons. The van der Waals surface area contributed by atoms with Crippen molar-refractivity contribution in [3.8, 4) is 0 Å². The summed E-state index contributed by atoms with van der Waals surface area (Å²) in [4.78, 5) is 11.2. The molecule has 0 spiro atoms. The predicted octanol–water partition coefficient (Wildman–Crippen LogP) is 2.49. The molecule has 1 aliphatic heterocycles. The van der Waals surface area contributed by atoms with E-state index < -0.39 is 10.7 Å². The second-order valence-electron chi connectivity index (χ2n) is 6.25. The summed E-state index contributed by atoms with van der Waals surface area (Å²) in [5.74, 6) is 0.684. The molecule has 1 fully saturated rings. The Morgan fingerprint density at radius 2 is 2.04 bits per heavy atom. The summed E-state index contributed by atoms with van der Waals surface area (Å²) in [6, 6.07) is 7.17. The van der Waals surface area contributed by atoms with E-state index in [-0.39, 0.29) is 4.90 Å². The minimum atomic E-state index is -2.59. The predicted molar refractivity (Wildman–Crippen MR) is 98.7 cm³/mol. The van der Waals surface area contributed by atoms with E-state index in [0.29, 0.717) is 17.0 Å². The number of rotatable bonds is 5. The van der Waals surface area contributed by atoms with Gasteiger partial charge in [0.25, 0.3) is 0 Å². The van der Waals surface area contributed by atoms with E-state index >= 15 is 0 Å². The third-order valence-electron chi connectivity index (χ3n) is 4.36. The topological polar surface area (TPSA) is 75.2 Å². The lowest BCUT2D eigenvalue weighted by molar-refractivity contribution is 0.211. The van der Waals surface area contributed by atoms with Gasteiger partial charge in [-0.1, -0.05) is 17.7 Å². The second-order valence-corrected chi connectivity index (χ2v) is 7.69. The van der Waals surface area contributed by atoms with Crippen molar-refractivity contribution < 1.29 is 8.42 Å². The van der Waals surface area contributed by atoms with Gasteiger partial charge < -0.3 is 5.32 Å². The van der Waals surface area contributed by atoms with Crippen molar-refractivity contribution in [1.82, 2.24) is 14.9 Å². The molecule has 8 heteroatoms. The highest BCUT2D eigenvalue weighted by Crippen LogP contribution is 2.22. The zero-order chi connectivity index (χ0) is 17.8. The summed E-state index contributed by atoms with van der Waals surface area (Å²) in [7, 11) is -2.59. The lowest BCUT2D eigenvalue weighted by Crippen LogP contribution is -2.39. The van der Waals surface area contributed by atoms with Gasteiger partial charge in [-0.15, -0.1) is 0 Å². The molecule has 6 nitrogen and oxygen atoms in total. The number of nitrogens with one attached hydrogen (secondary N) is 1. The Kier molecular flexibility index (Phi) is 5.88. The van der Waals surface area contributed by atoms with Crippen molar-refractivity contribution in [2.45, 2.75) is 37.2 Å². The molecule has 0 saturated carbocycles. The number of likely N-dealkylation sites (tertiary alicyclic amines) is 1. The lowest BCUT2D eigenvalue weighted by atomic mass is 10.0. The molecule has 1 aromatic carbocycles. The molecule has 134 valence electrons. The zero-order valence-electron chi connectivity index (χ0n) is 14.0. The molecule has 1 aromatic heterocycles. The van der Waals surface area contributed by atoms with E-state index in [9.17, 15) is 8.42 Å². The van der Waals surface area contributed by atoms with Gasteiger partial charge in [0.2, 0.25) is 5.95 Å². The van der Waals surface area contributed by atoms with Crippen LogP contribution in [0, 0.1) is 6.92 Å². The number of hydrogen-bond donors (Lipinski definition) is 2. The molecule has 1 N–H and O–H groups in total. The van der Waals surface area contributed by atoms with Crippen LogP contribution in [0.25, 0.3) is 0 Å². The number of thiol groups is 1. The highest BCUT2D eigenvalue weighted by atomic mass is 35.5. The largest absolute Gasteiger partial charge is 0.351 e. The summed E-state index contributed by atoms with van der Waals surface area (Å²) in [5.41, 5.74) is 1.91. The molecular formula is C17H21ClN4O2S. The molecule has 0 atom stereocenters. The standard InChI is InChI=1S/C17H21ClN4O2S/c1-12-4-7-19-17(20-12)21-14-5-8-22(9-6-14)11-13-2-3-15(25(23)24)10-16(13)18/h2-4,7,10,14,25H,5-6,8-9,11H2,1H3,(H,19,20,21). The average molecular weight is 381 g/mol. The number of nitrogens with zero attached hydrogens (tertiary/aromatic N) is 3. The minimum absolute atomic E-state index is 0.254. The maximum Gasteiger partial charge on any atom is 0.223 e. The van der Waals surface area contributed by atoms with E-state index in [1.54, 1.807) is 18.3 Å². The Bertz CT molecular complexity index is 812. The summed E-state index contributed by atoms with van der Waals surface area (Å²) >= 11 is 6.22. The third-order valence-corrected chi connectivity index (χ3v) is 5.41. The number of piperidine rings is 1. The molecule has 0 amide bonds. The van der Waals surface area contributed by atoms with Crippen LogP contribution in [-0.4, -0.2) is 42.4 Å². The first-order chi connectivity index (χ1) is 12.0. The molecule has 0 bridgehead atoms. The second kappa shape index (κ2) is 8.12. The fraction of sp³-hybridized carbons (Fsp3) is 0.412. The Labute approximate surface area is 154 Å². The van der Waals surface area contributed by atoms with Crippen LogP contribution in [0.3, 0.4) is 0 Å². The van der Waals surface area contributed by atoms with Gasteiger partial charge >= 0.3 is 0 Å². The Hall–Kier alpha value is -1.70. The van der Waals surface area contributed by atoms with Crippen LogP contribution in [-0.2, 0) is 17.2 Å². The molecule has 1 aliphatic rings. The molecule has 2 heterocycles. The van der Waals surface area contributed by atoms with Crippen LogP contribution in [0.15, 0.2) is 35.4 Å². The number of benzene rings is 1. The number of aryl methyl sites for hydroxylation is 1. The minimum Gasteiger partial charge on any atom is -0.351 e. The van der Waals surface area contributed by atoms with Crippen molar-refractivity contribution >= 4 is 28.3 Å². The fourth-order valence-electron chi connectivity index (χ4n) is 2.96. The van der Waals surface area contributed by atoms with Crippen LogP contribution in [0.2, 0.25) is 5.02 Å². The Morgan fingerprint density at radius 3 is 2.68 bits per heavy atom. The SMILES string of the molecule is Cc1ccnc(NC2CCN(Cc3ccc([SH](=O)=O)cc3Cl)CC2)n1. The summed E-state index contributed by atoms with van der Waals surface area (Å²) in [5, 5.41) is 3.90. The Balaban J connectivity index is 1.54. The van der Waals surface area contributed by atoms with Crippen molar-refractivity contribution in [2.75, 3.05) is 18.4 Å². The van der Waals surface area contributed by atoms with E-state index in [4.69, 9.17) is 11.6 Å². The van der Waals surface area contributed by atoms with Crippen LogP contribution >= 0.6 is 11.6 Å². The van der Waals surface area contributed by atoms with Crippen LogP contribution < -0.4 is 5.32 Å². The van der Waals surface area contributed by atoms with Crippen molar-refractivity contribution in [2.24, 2.45) is 0 Å². The summed E-state index contributed by atoms with van der Waals surface area (Å²) in [6.07, 6.45) is 3.76. The van der Waals surface area contributed by atoms with Crippen molar-refractivity contribution in [3.05, 3.63) is 46.7 Å². The fourth-order valence-corrected chi connectivity index (χ4v) is 3.70. The van der Waals surface area contributed by atoms with Gasteiger partial charge in [0, 0.05) is 42.6 Å². The third kappa shape index (κ3) is 4.90. The number of hydrogen-bond acceptors (Lipinski definition) is 6. The molecule has 25 heavy (non-hydrogen) atoms. The van der Waals surface area contributed by atoms with Gasteiger partial charge in [-0.3, -0.25) is 4.90 Å². The smallest absolute Gasteiger partial charge is 0.223 e. The molecule has 0 unspecified atom stereocenters. The van der Waals surface area contributed by atoms with Crippen molar-refractivity contribution in [3.63, 3.8) is 0 Å². The summed E-state index contributed by atoms with van der Waals surface area (Å²) < 4.78 is 22.0. The van der Waals surface area contributed by atoms with Gasteiger partial charge in [0.15, 0.2) is 10.7 Å². The first kappa shape index (κ1) is 18.1. The molecular weight excluding hydrogens is 360 g/mol. The maximum absolute atomic E-state index is 11.0. The molecule has 0 aliphatic carbocycles. The quantitative estimate of drug-likeness (QED) is 0.776. The molecule has 2 aromatic rings. The van der Waals surface area contributed by atoms with E-state index in [2.05, 4.69) is 20.2 Å². The van der Waals surface area contributed by atoms with Crippen molar-refractivity contribution in [1.29, 1.82) is 0 Å². The van der Waals surface area contributed by atoms with Crippen LogP contribution in [0.1, 0.15) is 24.1 Å². The normalized spacial score (nSPS) is 16.3. The lowest BCUT2D eigenvalue weighted by Gasteiger charge is -2.32. The maximum atomic E-state index is 11.0. The number of aromatic nitrogens is 2. The van der Waals surface area contributed by atoms with Gasteiger partial charge in [-0.05, 0) is 43.5 Å². The first-order valence-electron chi connectivity index (χ1n) is 8.22. The van der Waals surface area contributed by atoms with Gasteiger partial charge in [-0.2, -0.15) is 0 Å². The van der Waals surface area contributed by atoms with E-state index in [0.717, 1.165) is 43.7 Å². The van der Waals surface area contributed by atoms with Crippen LogP contribution in [0.4, 0.5) is 5.95 Å². The highest BCUT2D eigenvalue weighted by Gasteiger charge is 2.20. The number of halogens is 1. The monoisotopic (exact) mass is 380 g/mol. The Morgan fingerprint density at radius 1 is 1.28 bits per heavy atom. The van der Waals surface area contributed by atoms with Crippen LogP contribution in [0.5, 0.6) is 0 Å². The van der Waals surface area contributed by atoms with Gasteiger partial charge in [0.05, 0.1) is 4.90 Å². The molecule has 1 saturated heterocycles. The van der Waals surface area contributed by atoms with E-state index in [1.165, 1.54) is 6.07 Å². The first-order valence-corrected chi connectivity index (χ1v) is 9.78. The molecule has 3 rings (SSSR count). The summed E-state index contributed by atoms with van der Waals surface area (Å²) in [6.45, 7) is 4.56. The average Bonchev–Trinajstić information content (AvgIpc) is 2.58. The number of anilines is 1. The zero-order valence-corrected chi connectivity index (χ0v) is 15.6. The van der Waals surface area contributed by atoms with E-state index in [1.807, 2.05) is 13.0 Å².